The molecule has 0 aliphatic heterocycles. The number of halogens is 16. The molecule has 0 amide bonds. The third-order valence-corrected chi connectivity index (χ3v) is 12.4. The summed E-state index contributed by atoms with van der Waals surface area (Å²) in [6.07, 6.45) is -12.0. The standard InChI is InChI=1S/2C16H16F3N2.C11H6F4N3.2C11H7F3N3.5Ir/c1-10-12(6-8-14(21-10)16(17,18)19)13-7-5-11(9-20-13)15(2,3)4;1-10-7-11(8-14(21-10)16(17,18)19)13-6-5-12(9-20-13)15(2,3)4;1-6-7(10-16-5-4-9(12)18-10)2-3-8(17-6)11(13,14)15;1-7-8(10-15-5-2-6-16-10)3-4-9(17-7)11(12,13)14;1-7-5-8(10-15-3-2-4-16-10)6-9(17-7)11(12,13)14;;;;;/h5,7-9H,1-4H3;5-7,9H,1-4H3;3-5H,1H3;2,4-6H,1H3;2-5H,1H3;;;;;/q5*-1;;;;;. The molecule has 34 heteroatoms. The van der Waals surface area contributed by atoms with E-state index in [0.29, 0.717) is 40.0 Å². The van der Waals surface area contributed by atoms with E-state index in [1.165, 1.54) is 71.7 Å². The van der Waals surface area contributed by atoms with E-state index >= 15 is 0 Å². The molecule has 0 fully saturated rings. The van der Waals surface area contributed by atoms with E-state index < -0.39 is 65.3 Å². The van der Waals surface area contributed by atoms with E-state index in [0.717, 1.165) is 29.3 Å². The Morgan fingerprint density at radius 2 is 0.687 bits per heavy atom. The molecule has 99 heavy (non-hydrogen) atoms. The Bertz CT molecular complexity index is 4180. The maximum atomic E-state index is 12.9. The number of hydrogen-bond acceptors (Lipinski definition) is 13. The second-order valence-corrected chi connectivity index (χ2v) is 22.0. The van der Waals surface area contributed by atoms with Crippen LogP contribution in [0.25, 0.3) is 56.7 Å². The Kier molecular flexibility index (Phi) is 34.1. The minimum Gasteiger partial charge on any atom is -0.344 e. The predicted molar refractivity (Wildman–Crippen MR) is 311 cm³/mol. The molecule has 0 unspecified atom stereocenters. The predicted octanol–water partition coefficient (Wildman–Crippen LogP) is 17.3. The number of nitrogens with zero attached hydrogens (tertiary/aromatic N) is 13. The van der Waals surface area contributed by atoms with Crippen LogP contribution in [0, 0.1) is 70.9 Å². The molecule has 13 nitrogen and oxygen atoms in total. The smallest absolute Gasteiger partial charge is 0.344 e. The van der Waals surface area contributed by atoms with Gasteiger partial charge in [-0.1, -0.05) is 97.7 Å². The minimum atomic E-state index is -4.54. The monoisotopic (exact) mass is 2280 g/mol. The zero-order valence-corrected chi connectivity index (χ0v) is 65.0. The maximum Gasteiger partial charge on any atom is 0.421 e. The van der Waals surface area contributed by atoms with E-state index in [2.05, 4.69) is 116 Å². The van der Waals surface area contributed by atoms with Crippen molar-refractivity contribution in [2.45, 2.75) is 118 Å². The van der Waals surface area contributed by atoms with Crippen molar-refractivity contribution in [2.75, 3.05) is 0 Å². The Balaban J connectivity index is 0.000000613. The molecule has 0 aliphatic rings. The van der Waals surface area contributed by atoms with Crippen molar-refractivity contribution in [2.24, 2.45) is 0 Å². The van der Waals surface area contributed by atoms with Crippen LogP contribution >= 0.6 is 0 Å². The minimum absolute atomic E-state index is 0. The fraction of sp³-hybridized carbons (Fsp3) is 0.277. The van der Waals surface area contributed by atoms with Crippen molar-refractivity contribution in [1.82, 2.24) is 64.8 Å². The van der Waals surface area contributed by atoms with Crippen molar-refractivity contribution >= 4 is 0 Å². The van der Waals surface area contributed by atoms with E-state index in [1.807, 2.05) is 32.9 Å². The zero-order chi connectivity index (χ0) is 69.9. The first-order valence-corrected chi connectivity index (χ1v) is 27.3. The molecule has 0 saturated heterocycles. The van der Waals surface area contributed by atoms with Gasteiger partial charge in [0, 0.05) is 156 Å². The quantitative estimate of drug-likeness (QED) is 0.0908. The summed E-state index contributed by atoms with van der Waals surface area (Å²) in [7, 11) is 0. The Hall–Kier alpha value is -6.58. The summed E-state index contributed by atoms with van der Waals surface area (Å²) < 4.78 is 201. The van der Waals surface area contributed by atoms with Crippen LogP contribution in [0.2, 0.25) is 0 Å². The fourth-order valence-electron chi connectivity index (χ4n) is 7.74. The number of aryl methyl sites for hydroxylation is 5. The van der Waals surface area contributed by atoms with Gasteiger partial charge in [-0.25, -0.2) is 0 Å². The van der Waals surface area contributed by atoms with Gasteiger partial charge in [-0.05, 0) is 87.8 Å². The molecule has 0 atom stereocenters. The molecule has 539 valence electrons. The fourth-order valence-corrected chi connectivity index (χ4v) is 7.74. The second kappa shape index (κ2) is 37.4. The third kappa shape index (κ3) is 27.0. The average Bonchev–Trinajstić information content (AvgIpc) is 0.834. The molecular weight excluding hydrogens is 2230 g/mol. The van der Waals surface area contributed by atoms with Crippen molar-refractivity contribution in [3.8, 4) is 56.7 Å². The van der Waals surface area contributed by atoms with Gasteiger partial charge in [0.2, 0.25) is 5.95 Å². The maximum absolute atomic E-state index is 12.9. The van der Waals surface area contributed by atoms with Gasteiger partial charge in [-0.2, -0.15) is 75.8 Å². The number of pyridine rings is 7. The SMILES string of the molecule is Cc1cc(-c2ccc(C(C)(C)C)cn2)[c-]c(C(F)(F)F)n1.Cc1cc(-c2ncccn2)[c-]c(C(F)(F)F)n1.Cc1nc(C(F)(F)F)c[c-]c1-c1ccc(C(C)(C)C)cn1.Cc1nc(C(F)(F)F)c[c-]c1-c1nccc(F)n1.Cc1nc(C(F)(F)F)c[c-]c1-c1ncccn1.[Ir].[Ir].[Ir].[Ir].[Ir]. The van der Waals surface area contributed by atoms with Crippen LogP contribution in [0.3, 0.4) is 0 Å². The molecule has 10 heterocycles. The molecule has 10 aromatic heterocycles. The molecule has 0 bridgehead atoms. The molecule has 0 saturated carbocycles. The van der Waals surface area contributed by atoms with Gasteiger partial charge in [-0.15, -0.1) is 71.8 Å². The van der Waals surface area contributed by atoms with Crippen LogP contribution in [0.4, 0.5) is 70.2 Å². The molecule has 0 N–H and O–H groups in total. The molecule has 10 aromatic rings. The summed E-state index contributed by atoms with van der Waals surface area (Å²) in [6, 6.07) is 28.9. The molecule has 5 radical (unpaired) electrons. The molecule has 0 aromatic carbocycles. The molecule has 0 aliphatic carbocycles. The van der Waals surface area contributed by atoms with Gasteiger partial charge in [0.1, 0.15) is 0 Å². The number of rotatable bonds is 5. The summed E-state index contributed by atoms with van der Waals surface area (Å²) in [6.45, 7) is 19.7. The van der Waals surface area contributed by atoms with Crippen LogP contribution in [0.5, 0.6) is 0 Å². The van der Waals surface area contributed by atoms with Gasteiger partial charge in [0.25, 0.3) is 0 Å². The van der Waals surface area contributed by atoms with Gasteiger partial charge in [-0.3, -0.25) is 29.9 Å². The zero-order valence-electron chi connectivity index (χ0n) is 53.0. The first kappa shape index (κ1) is 90.4. The van der Waals surface area contributed by atoms with Gasteiger partial charge in [0.15, 0.2) is 0 Å². The van der Waals surface area contributed by atoms with Crippen LogP contribution in [0.15, 0.2) is 116 Å². The summed E-state index contributed by atoms with van der Waals surface area (Å²) in [5.41, 5.74) is 0.536. The molecule has 0 spiro atoms. The number of alkyl halides is 15. The van der Waals surface area contributed by atoms with Crippen LogP contribution in [-0.4, -0.2) is 64.8 Å². The normalized spacial score (nSPS) is 11.4. The summed E-state index contributed by atoms with van der Waals surface area (Å²) in [4.78, 5) is 48.8. The van der Waals surface area contributed by atoms with Crippen molar-refractivity contribution in [3.63, 3.8) is 0 Å². The first-order valence-electron chi connectivity index (χ1n) is 27.3. The summed E-state index contributed by atoms with van der Waals surface area (Å²) in [5, 5.41) is 0. The summed E-state index contributed by atoms with van der Waals surface area (Å²) >= 11 is 0. The largest absolute Gasteiger partial charge is 0.421 e. The Labute approximate surface area is 625 Å². The van der Waals surface area contributed by atoms with Crippen LogP contribution in [-0.2, 0) is 142 Å². The first-order chi connectivity index (χ1) is 43.5. The number of hydrogen-bond donors (Lipinski definition) is 0. The van der Waals surface area contributed by atoms with Crippen molar-refractivity contribution in [3.05, 3.63) is 221 Å². The Morgan fingerprint density at radius 1 is 0.343 bits per heavy atom. The van der Waals surface area contributed by atoms with Crippen LogP contribution in [0.1, 0.15) is 110 Å². The van der Waals surface area contributed by atoms with Gasteiger partial charge < -0.3 is 34.9 Å². The van der Waals surface area contributed by atoms with E-state index in [1.54, 1.807) is 42.7 Å². The molecule has 10 rings (SSSR count). The Morgan fingerprint density at radius 3 is 1.03 bits per heavy atom. The second-order valence-electron chi connectivity index (χ2n) is 22.0. The van der Waals surface area contributed by atoms with Crippen LogP contribution < -0.4 is 0 Å². The average molecular weight is 2280 g/mol. The topological polar surface area (TPSA) is 168 Å². The van der Waals surface area contributed by atoms with Crippen molar-refractivity contribution < 1.29 is 171 Å². The van der Waals surface area contributed by atoms with Crippen molar-refractivity contribution in [1.29, 1.82) is 0 Å². The van der Waals surface area contributed by atoms with E-state index in [-0.39, 0.29) is 163 Å². The van der Waals surface area contributed by atoms with E-state index in [4.69, 9.17) is 0 Å². The van der Waals surface area contributed by atoms with E-state index in [9.17, 15) is 70.2 Å². The number of aromatic nitrogens is 13. The molecular formula is C65H52F16Ir5N13-5. The third-order valence-electron chi connectivity index (χ3n) is 12.4. The summed E-state index contributed by atoms with van der Waals surface area (Å²) in [5.74, 6) is -0.309. The van der Waals surface area contributed by atoms with Gasteiger partial charge >= 0.3 is 30.9 Å². The van der Waals surface area contributed by atoms with Gasteiger partial charge in [0.05, 0.1) is 40.1 Å².